The van der Waals surface area contributed by atoms with Crippen LogP contribution in [0.5, 0.6) is 0 Å². The van der Waals surface area contributed by atoms with Gasteiger partial charge in [0.25, 0.3) is 0 Å². The zero-order valence-electron chi connectivity index (χ0n) is 15.7. The molecule has 148 valence electrons. The van der Waals surface area contributed by atoms with Crippen molar-refractivity contribution in [2.24, 2.45) is 0 Å². The third-order valence-corrected chi connectivity index (χ3v) is 6.05. The molecule has 1 unspecified atom stereocenters. The summed E-state index contributed by atoms with van der Waals surface area (Å²) in [5.41, 5.74) is 5.78. The van der Waals surface area contributed by atoms with Gasteiger partial charge in [0.1, 0.15) is 6.29 Å². The number of carbonyl (C=O) groups excluding carboxylic acids is 2. The Morgan fingerprint density at radius 3 is 2.72 bits per heavy atom. The Labute approximate surface area is 179 Å². The molecule has 6 heteroatoms. The van der Waals surface area contributed by atoms with E-state index in [4.69, 9.17) is 11.6 Å². The van der Waals surface area contributed by atoms with E-state index in [2.05, 4.69) is 28.2 Å². The van der Waals surface area contributed by atoms with Crippen molar-refractivity contribution in [3.8, 4) is 0 Å². The summed E-state index contributed by atoms with van der Waals surface area (Å²) in [7, 11) is 0. The smallest absolute Gasteiger partial charge is 0.349 e. The summed E-state index contributed by atoms with van der Waals surface area (Å²) in [4.78, 5) is 23.4. The van der Waals surface area contributed by atoms with Gasteiger partial charge in [0.15, 0.2) is 0 Å². The zero-order chi connectivity index (χ0) is 20.5. The maximum Gasteiger partial charge on any atom is 0.349 e. The minimum absolute atomic E-state index is 0.167. The predicted octanol–water partition coefficient (Wildman–Crippen LogP) is 5.61. The van der Waals surface area contributed by atoms with Crippen LogP contribution >= 0.6 is 24.5 Å². The highest BCUT2D eigenvalue weighted by Crippen LogP contribution is 2.43. The van der Waals surface area contributed by atoms with Gasteiger partial charge in [-0.3, -0.25) is 0 Å². The number of hydrogen-bond donors (Lipinski definition) is 1. The van der Waals surface area contributed by atoms with E-state index >= 15 is 0 Å². The van der Waals surface area contributed by atoms with Crippen molar-refractivity contribution in [2.45, 2.75) is 31.7 Å². The molecule has 0 bridgehead atoms. The van der Waals surface area contributed by atoms with Crippen molar-refractivity contribution < 1.29 is 13.8 Å². The van der Waals surface area contributed by atoms with E-state index in [0.29, 0.717) is 23.6 Å². The van der Waals surface area contributed by atoms with Crippen LogP contribution in [0, 0.1) is 0 Å². The van der Waals surface area contributed by atoms with Gasteiger partial charge in [-0.25, -0.2) is 4.79 Å². The minimum Gasteiger partial charge on any atom is -0.391 e. The van der Waals surface area contributed by atoms with Crippen molar-refractivity contribution in [1.82, 2.24) is 4.57 Å². The normalized spacial score (nSPS) is 15.3. The Morgan fingerprint density at radius 2 is 2.07 bits per heavy atom. The van der Waals surface area contributed by atoms with Crippen LogP contribution in [0.25, 0.3) is 17.0 Å². The third kappa shape index (κ3) is 3.49. The molecule has 1 atom stereocenters. The van der Waals surface area contributed by atoms with Crippen LogP contribution in [0.1, 0.15) is 51.5 Å². The number of aromatic nitrogens is 1. The number of fused-ring (bicyclic) bond motifs is 3. The summed E-state index contributed by atoms with van der Waals surface area (Å²) in [5, 5.41) is 1.70. The van der Waals surface area contributed by atoms with E-state index in [-0.39, 0.29) is 5.92 Å². The van der Waals surface area contributed by atoms with E-state index in [9.17, 15) is 9.59 Å². The molecular weight excluding hydrogens is 406 g/mol. The first-order valence-electron chi connectivity index (χ1n) is 9.42. The molecule has 29 heavy (non-hydrogen) atoms. The molecule has 2 aromatic carbocycles. The molecule has 4 rings (SSSR count). The maximum atomic E-state index is 12.1. The van der Waals surface area contributed by atoms with Crippen LogP contribution in [-0.4, -0.2) is 16.8 Å². The zero-order valence-corrected chi connectivity index (χ0v) is 17.4. The summed E-state index contributed by atoms with van der Waals surface area (Å²) in [6.45, 7) is 4.60. The van der Waals surface area contributed by atoms with E-state index in [1.54, 1.807) is 12.1 Å². The number of benzene rings is 2. The molecule has 0 aliphatic heterocycles. The van der Waals surface area contributed by atoms with Gasteiger partial charge < -0.3 is 13.5 Å². The van der Waals surface area contributed by atoms with Crippen LogP contribution in [0.3, 0.4) is 0 Å². The number of halogens is 1. The minimum atomic E-state index is -0.500. The highest BCUT2D eigenvalue weighted by atomic mass is 35.5. The fraction of sp³-hybridized carbons (Fsp3) is 0.217. The van der Waals surface area contributed by atoms with Crippen molar-refractivity contribution >= 4 is 53.7 Å². The molecule has 0 fully saturated rings. The van der Waals surface area contributed by atoms with Gasteiger partial charge in [0, 0.05) is 47.9 Å². The molecule has 3 aromatic rings. The lowest BCUT2D eigenvalue weighted by atomic mass is 10.0. The second-order valence-electron chi connectivity index (χ2n) is 7.26. The first-order valence-corrected chi connectivity index (χ1v) is 10.2. The largest absolute Gasteiger partial charge is 0.391 e. The standard InChI is InChI=1S/C23H20ClNO3S/c1-2-15-11-17(23(27)28-29)12-20-19-8-5-16(9-10-26)22(19)25(21(15)20)13-14-3-6-18(24)7-4-14/h2-4,6-7,10-12,16,29H,1,5,8-9,13H2. The molecule has 1 aromatic heterocycles. The Balaban J connectivity index is 1.97. The van der Waals surface area contributed by atoms with Crippen LogP contribution in [0.2, 0.25) is 5.02 Å². The highest BCUT2D eigenvalue weighted by molar-refractivity contribution is 7.75. The molecule has 1 aliphatic rings. The molecule has 0 spiro atoms. The van der Waals surface area contributed by atoms with Crippen LogP contribution in [-0.2, 0) is 21.9 Å². The van der Waals surface area contributed by atoms with Gasteiger partial charge in [-0.05, 0) is 53.8 Å². The van der Waals surface area contributed by atoms with Crippen molar-refractivity contribution in [3.63, 3.8) is 0 Å². The number of thiol groups is 1. The van der Waals surface area contributed by atoms with E-state index in [1.165, 1.54) is 11.3 Å². The summed E-state index contributed by atoms with van der Waals surface area (Å²) < 4.78 is 6.90. The lowest BCUT2D eigenvalue weighted by Crippen LogP contribution is -2.09. The van der Waals surface area contributed by atoms with Gasteiger partial charge in [-0.2, -0.15) is 0 Å². The van der Waals surface area contributed by atoms with Gasteiger partial charge in [0.05, 0.1) is 11.1 Å². The van der Waals surface area contributed by atoms with Crippen LogP contribution in [0.4, 0.5) is 0 Å². The number of nitrogens with zero attached hydrogens (tertiary/aromatic N) is 1. The molecule has 0 N–H and O–H groups in total. The summed E-state index contributed by atoms with van der Waals surface area (Å²) in [6, 6.07) is 11.4. The Morgan fingerprint density at radius 1 is 1.31 bits per heavy atom. The van der Waals surface area contributed by atoms with Gasteiger partial charge in [-0.1, -0.05) is 36.4 Å². The van der Waals surface area contributed by atoms with Crippen molar-refractivity contribution in [1.29, 1.82) is 0 Å². The second-order valence-corrected chi connectivity index (χ2v) is 7.88. The van der Waals surface area contributed by atoms with Crippen molar-refractivity contribution in [3.05, 3.63) is 75.9 Å². The summed E-state index contributed by atoms with van der Waals surface area (Å²) in [6.07, 6.45) is 5.01. The van der Waals surface area contributed by atoms with E-state index < -0.39 is 5.97 Å². The maximum absolute atomic E-state index is 12.1. The Kier molecular flexibility index (Phi) is 5.52. The highest BCUT2D eigenvalue weighted by Gasteiger charge is 2.31. The summed E-state index contributed by atoms with van der Waals surface area (Å²) in [5.74, 6) is -0.333. The SMILES string of the molecule is C=Cc1cc(C(=O)OS)cc2c3c(n(Cc4ccc(Cl)cc4)c12)C(CC=O)CC3. The lowest BCUT2D eigenvalue weighted by Gasteiger charge is -2.16. The number of hydrogen-bond acceptors (Lipinski definition) is 4. The average molecular weight is 426 g/mol. The molecule has 0 radical (unpaired) electrons. The molecule has 0 saturated carbocycles. The van der Waals surface area contributed by atoms with Gasteiger partial charge in [-0.15, -0.1) is 0 Å². The Bertz CT molecular complexity index is 1120. The first kappa shape index (κ1) is 19.8. The average Bonchev–Trinajstić information content (AvgIpc) is 3.28. The molecular formula is C23H20ClNO3S. The third-order valence-electron chi connectivity index (χ3n) is 5.64. The van der Waals surface area contributed by atoms with Crippen molar-refractivity contribution in [2.75, 3.05) is 0 Å². The lowest BCUT2D eigenvalue weighted by molar-refractivity contribution is -0.108. The number of aldehydes is 1. The number of carbonyl (C=O) groups is 2. The van der Waals surface area contributed by atoms with E-state index in [1.807, 2.05) is 30.3 Å². The Hall–Kier alpha value is -2.50. The molecule has 0 amide bonds. The quantitative estimate of drug-likeness (QED) is 0.317. The second kappa shape index (κ2) is 8.09. The van der Waals surface area contributed by atoms with Crippen LogP contribution < -0.4 is 0 Å². The predicted molar refractivity (Wildman–Crippen MR) is 119 cm³/mol. The van der Waals surface area contributed by atoms with E-state index in [0.717, 1.165) is 41.2 Å². The fourth-order valence-corrected chi connectivity index (χ4v) is 4.63. The molecule has 0 saturated heterocycles. The molecule has 1 heterocycles. The number of rotatable bonds is 6. The van der Waals surface area contributed by atoms with Gasteiger partial charge in [0.2, 0.25) is 0 Å². The fourth-order valence-electron chi connectivity index (χ4n) is 4.40. The van der Waals surface area contributed by atoms with Crippen LogP contribution in [0.15, 0.2) is 43.0 Å². The van der Waals surface area contributed by atoms with Gasteiger partial charge >= 0.3 is 5.97 Å². The summed E-state index contributed by atoms with van der Waals surface area (Å²) >= 11 is 9.70. The first-order chi connectivity index (χ1) is 14.1. The number of aryl methyl sites for hydroxylation is 1. The topological polar surface area (TPSA) is 48.3 Å². The molecule has 4 nitrogen and oxygen atoms in total. The molecule has 1 aliphatic carbocycles. The monoisotopic (exact) mass is 425 g/mol.